The summed E-state index contributed by atoms with van der Waals surface area (Å²) in [6, 6.07) is 4.44. The van der Waals surface area contributed by atoms with Crippen LogP contribution in [0.1, 0.15) is 35.7 Å². The molecule has 0 aliphatic heterocycles. The zero-order valence-corrected chi connectivity index (χ0v) is 13.6. The molecule has 8 heteroatoms. The van der Waals surface area contributed by atoms with Crippen LogP contribution in [0.25, 0.3) is 0 Å². The van der Waals surface area contributed by atoms with Crippen LogP contribution in [-0.2, 0) is 14.4 Å². The van der Waals surface area contributed by atoms with Crippen molar-refractivity contribution in [3.05, 3.63) is 29.3 Å². The number of carbonyl (C=O) groups excluding carboxylic acids is 3. The monoisotopic (exact) mass is 335 g/mol. The molecule has 0 bridgehead atoms. The minimum atomic E-state index is -1.08. The molecule has 0 radical (unpaired) electrons. The van der Waals surface area contributed by atoms with E-state index < -0.39 is 5.97 Å². The molecule has 0 spiro atoms. The molecule has 0 saturated heterocycles. The lowest BCUT2D eigenvalue weighted by atomic mass is 10.1. The van der Waals surface area contributed by atoms with Crippen molar-refractivity contribution in [3.63, 3.8) is 0 Å². The molecule has 3 amide bonds. The summed E-state index contributed by atoms with van der Waals surface area (Å²) in [6.45, 7) is 3.75. The molecule has 0 aromatic heterocycles. The topological polar surface area (TPSA) is 125 Å². The van der Waals surface area contributed by atoms with E-state index in [9.17, 15) is 19.2 Å². The van der Waals surface area contributed by atoms with Crippen molar-refractivity contribution in [1.82, 2.24) is 10.6 Å². The molecule has 0 unspecified atom stereocenters. The summed E-state index contributed by atoms with van der Waals surface area (Å²) < 4.78 is 0. The van der Waals surface area contributed by atoms with Crippen molar-refractivity contribution in [1.29, 1.82) is 0 Å². The van der Waals surface area contributed by atoms with Crippen molar-refractivity contribution in [3.8, 4) is 0 Å². The number of benzene rings is 1. The second-order valence-corrected chi connectivity index (χ2v) is 5.22. The van der Waals surface area contributed by atoms with Crippen LogP contribution in [0, 0.1) is 6.92 Å². The van der Waals surface area contributed by atoms with E-state index in [0.717, 1.165) is 5.56 Å². The lowest BCUT2D eigenvalue weighted by Crippen LogP contribution is -2.33. The molecule has 0 fully saturated rings. The van der Waals surface area contributed by atoms with Crippen LogP contribution in [0.4, 0.5) is 5.69 Å². The summed E-state index contributed by atoms with van der Waals surface area (Å²) in [5, 5.41) is 16.7. The van der Waals surface area contributed by atoms with Crippen molar-refractivity contribution >= 4 is 29.4 Å². The van der Waals surface area contributed by atoms with Crippen LogP contribution < -0.4 is 16.0 Å². The predicted octanol–water partition coefficient (Wildman–Crippen LogP) is 0.664. The summed E-state index contributed by atoms with van der Waals surface area (Å²) >= 11 is 0. The van der Waals surface area contributed by atoms with Gasteiger partial charge in [0.15, 0.2) is 0 Å². The van der Waals surface area contributed by atoms with Gasteiger partial charge in [0.05, 0.1) is 5.56 Å². The van der Waals surface area contributed by atoms with Crippen LogP contribution in [0.3, 0.4) is 0 Å². The van der Waals surface area contributed by atoms with Crippen LogP contribution in [0.5, 0.6) is 0 Å². The van der Waals surface area contributed by atoms with Crippen LogP contribution in [0.15, 0.2) is 18.2 Å². The third kappa shape index (κ3) is 6.91. The number of nitrogens with one attached hydrogen (secondary N) is 3. The quantitative estimate of drug-likeness (QED) is 0.520. The zero-order chi connectivity index (χ0) is 18.1. The maximum atomic E-state index is 11.9. The maximum Gasteiger partial charge on any atom is 0.335 e. The highest BCUT2D eigenvalue weighted by Gasteiger charge is 2.10. The van der Waals surface area contributed by atoms with E-state index >= 15 is 0 Å². The molecular weight excluding hydrogens is 314 g/mol. The Morgan fingerprint density at radius 3 is 2.25 bits per heavy atom. The van der Waals surface area contributed by atoms with Crippen LogP contribution in [-0.4, -0.2) is 41.9 Å². The first-order valence-corrected chi connectivity index (χ1v) is 7.44. The Morgan fingerprint density at radius 2 is 1.62 bits per heavy atom. The number of carboxylic acid groups (broad SMARTS) is 1. The molecule has 0 heterocycles. The Bertz CT molecular complexity index is 643. The number of anilines is 1. The van der Waals surface area contributed by atoms with E-state index in [1.807, 2.05) is 0 Å². The lowest BCUT2D eigenvalue weighted by molar-refractivity contribution is -0.124. The average Bonchev–Trinajstić information content (AvgIpc) is 2.51. The number of amides is 3. The second-order valence-electron chi connectivity index (χ2n) is 5.22. The third-order valence-corrected chi connectivity index (χ3v) is 3.16. The minimum absolute atomic E-state index is 0.00355. The van der Waals surface area contributed by atoms with E-state index in [0.29, 0.717) is 18.8 Å². The van der Waals surface area contributed by atoms with E-state index in [4.69, 9.17) is 5.11 Å². The van der Waals surface area contributed by atoms with Gasteiger partial charge in [-0.3, -0.25) is 14.4 Å². The molecule has 4 N–H and O–H groups in total. The molecule has 0 atom stereocenters. The van der Waals surface area contributed by atoms with Gasteiger partial charge in [-0.05, 0) is 24.6 Å². The van der Waals surface area contributed by atoms with Gasteiger partial charge in [0.1, 0.15) is 0 Å². The van der Waals surface area contributed by atoms with E-state index in [2.05, 4.69) is 16.0 Å². The van der Waals surface area contributed by atoms with Crippen molar-refractivity contribution < 1.29 is 24.3 Å². The fraction of sp³-hybridized carbons (Fsp3) is 0.375. The summed E-state index contributed by atoms with van der Waals surface area (Å²) in [7, 11) is 0. The summed E-state index contributed by atoms with van der Waals surface area (Å²) in [4.78, 5) is 45.0. The van der Waals surface area contributed by atoms with Crippen LogP contribution >= 0.6 is 0 Å². The second kappa shape index (κ2) is 9.29. The highest BCUT2D eigenvalue weighted by Crippen LogP contribution is 2.17. The summed E-state index contributed by atoms with van der Waals surface area (Å²) in [6.07, 6.45) is -0.0215. The van der Waals surface area contributed by atoms with Crippen molar-refractivity contribution in [2.45, 2.75) is 26.7 Å². The van der Waals surface area contributed by atoms with Gasteiger partial charge in [0.2, 0.25) is 17.7 Å². The molecule has 1 rings (SSSR count). The van der Waals surface area contributed by atoms with Gasteiger partial charge >= 0.3 is 5.97 Å². The SMILES string of the molecule is CC(=O)NCCNC(=O)CCC(=O)Nc1cc(C(=O)O)ccc1C. The van der Waals surface area contributed by atoms with Gasteiger partial charge in [0, 0.05) is 38.5 Å². The van der Waals surface area contributed by atoms with E-state index in [-0.39, 0.29) is 36.1 Å². The first kappa shape index (κ1) is 19.1. The van der Waals surface area contributed by atoms with Gasteiger partial charge in [0.25, 0.3) is 0 Å². The Labute approximate surface area is 139 Å². The Balaban J connectivity index is 2.41. The van der Waals surface area contributed by atoms with Gasteiger partial charge in [-0.1, -0.05) is 6.07 Å². The third-order valence-electron chi connectivity index (χ3n) is 3.16. The minimum Gasteiger partial charge on any atom is -0.478 e. The van der Waals surface area contributed by atoms with E-state index in [1.54, 1.807) is 13.0 Å². The molecule has 8 nitrogen and oxygen atoms in total. The van der Waals surface area contributed by atoms with Gasteiger partial charge in [-0.25, -0.2) is 4.79 Å². The summed E-state index contributed by atoms with van der Waals surface area (Å²) in [5.41, 5.74) is 1.21. The number of carboxylic acids is 1. The molecule has 1 aromatic rings. The van der Waals surface area contributed by atoms with Crippen LogP contribution in [0.2, 0.25) is 0 Å². The number of aromatic carboxylic acids is 1. The summed E-state index contributed by atoms with van der Waals surface area (Å²) in [5.74, 6) is -1.93. The Kier molecular flexibility index (Phi) is 7.41. The highest BCUT2D eigenvalue weighted by atomic mass is 16.4. The largest absolute Gasteiger partial charge is 0.478 e. The number of aryl methyl sites for hydroxylation is 1. The molecular formula is C16H21N3O5. The van der Waals surface area contributed by atoms with E-state index in [1.165, 1.54) is 19.1 Å². The lowest BCUT2D eigenvalue weighted by Gasteiger charge is -2.10. The number of carbonyl (C=O) groups is 4. The zero-order valence-electron chi connectivity index (χ0n) is 13.6. The van der Waals surface area contributed by atoms with Crippen molar-refractivity contribution in [2.75, 3.05) is 18.4 Å². The highest BCUT2D eigenvalue weighted by molar-refractivity contribution is 5.96. The Hall–Kier alpha value is -2.90. The first-order valence-electron chi connectivity index (χ1n) is 7.44. The molecule has 130 valence electrons. The maximum absolute atomic E-state index is 11.9. The molecule has 24 heavy (non-hydrogen) atoms. The van der Waals surface area contributed by atoms with Gasteiger partial charge in [-0.2, -0.15) is 0 Å². The van der Waals surface area contributed by atoms with Gasteiger partial charge in [-0.15, -0.1) is 0 Å². The van der Waals surface area contributed by atoms with Crippen molar-refractivity contribution in [2.24, 2.45) is 0 Å². The normalized spacial score (nSPS) is 9.92. The fourth-order valence-electron chi connectivity index (χ4n) is 1.86. The molecule has 0 saturated carbocycles. The molecule has 0 aliphatic carbocycles. The predicted molar refractivity (Wildman–Crippen MR) is 87.7 cm³/mol. The number of rotatable bonds is 8. The standard InChI is InChI=1S/C16H21N3O5/c1-10-3-4-12(16(23)24)9-13(10)19-15(22)6-5-14(21)18-8-7-17-11(2)20/h3-4,9H,5-8H2,1-2H3,(H,17,20)(H,18,21)(H,19,22)(H,23,24). The Morgan fingerprint density at radius 1 is 1.00 bits per heavy atom. The first-order chi connectivity index (χ1) is 11.3. The number of hydrogen-bond acceptors (Lipinski definition) is 4. The fourth-order valence-corrected chi connectivity index (χ4v) is 1.86. The molecule has 0 aliphatic rings. The number of hydrogen-bond donors (Lipinski definition) is 4. The van der Waals surface area contributed by atoms with Gasteiger partial charge < -0.3 is 21.1 Å². The smallest absolute Gasteiger partial charge is 0.335 e. The average molecular weight is 335 g/mol. The molecule has 1 aromatic carbocycles.